The average molecular weight is 535 g/mol. The summed E-state index contributed by atoms with van der Waals surface area (Å²) in [5.74, 6) is 0.00442. The number of esters is 1. The lowest BCUT2D eigenvalue weighted by Crippen LogP contribution is -2.49. The average Bonchev–Trinajstić information content (AvgIpc) is 3.15. The van der Waals surface area contributed by atoms with E-state index in [4.69, 9.17) is 16.3 Å². The Morgan fingerprint density at radius 1 is 1.22 bits per heavy atom. The molecule has 3 unspecified atom stereocenters. The Bertz CT molecular complexity index is 1020. The second-order valence-electron chi connectivity index (χ2n) is 8.99. The van der Waals surface area contributed by atoms with E-state index in [1.165, 1.54) is 11.1 Å². The van der Waals surface area contributed by atoms with Crippen LogP contribution < -0.4 is 0 Å². The van der Waals surface area contributed by atoms with E-state index in [0.29, 0.717) is 6.61 Å². The van der Waals surface area contributed by atoms with Crippen LogP contribution in [0.25, 0.3) is 0 Å². The number of thioether (sulfide) groups is 1. The third-order valence-electron chi connectivity index (χ3n) is 6.56. The van der Waals surface area contributed by atoms with Crippen molar-refractivity contribution in [1.82, 2.24) is 4.90 Å². The number of hydrogen-bond donors (Lipinski definition) is 0. The molecular formula is C26H29BrClNO2S. The van der Waals surface area contributed by atoms with Gasteiger partial charge in [-0.15, -0.1) is 0 Å². The minimum absolute atomic E-state index is 0.0801. The van der Waals surface area contributed by atoms with Crippen molar-refractivity contribution in [2.24, 2.45) is 5.92 Å². The zero-order valence-electron chi connectivity index (χ0n) is 18.9. The van der Waals surface area contributed by atoms with Crippen LogP contribution in [0, 0.1) is 5.92 Å². The molecule has 0 spiro atoms. The summed E-state index contributed by atoms with van der Waals surface area (Å²) in [4.78, 5) is 16.2. The van der Waals surface area contributed by atoms with Crippen molar-refractivity contribution >= 4 is 45.3 Å². The van der Waals surface area contributed by atoms with Gasteiger partial charge in [0.1, 0.15) is 4.91 Å². The van der Waals surface area contributed by atoms with Gasteiger partial charge in [-0.1, -0.05) is 84.3 Å². The van der Waals surface area contributed by atoms with E-state index in [0.717, 1.165) is 32.9 Å². The lowest BCUT2D eigenvalue weighted by atomic mass is 9.67. The number of fused-ring (bicyclic) bond motifs is 1. The molecule has 0 aliphatic carbocycles. The van der Waals surface area contributed by atoms with Gasteiger partial charge < -0.3 is 9.64 Å². The van der Waals surface area contributed by atoms with E-state index in [9.17, 15) is 4.79 Å². The molecule has 6 heteroatoms. The Kier molecular flexibility index (Phi) is 7.00. The fourth-order valence-electron chi connectivity index (χ4n) is 5.11. The van der Waals surface area contributed by atoms with E-state index in [1.807, 2.05) is 19.1 Å². The maximum Gasteiger partial charge on any atom is 0.346 e. The Labute approximate surface area is 208 Å². The lowest BCUT2D eigenvalue weighted by Gasteiger charge is -2.52. The molecule has 0 bridgehead atoms. The third kappa shape index (κ3) is 4.24. The first-order valence-corrected chi connectivity index (χ1v) is 13.2. The van der Waals surface area contributed by atoms with Crippen LogP contribution in [0.3, 0.4) is 0 Å². The molecule has 0 saturated carbocycles. The standard InChI is InChI=1S/C26H29BrClNO2S/c1-5-31-25(30)23-22(16(2)3)29-21(32-23)14-15-26(4,18-8-10-19(27)11-9-18)24(29)17-6-12-20(28)13-7-17/h6-13,16,21,24H,5,14-15H2,1-4H3. The lowest BCUT2D eigenvalue weighted by molar-refractivity contribution is -0.137. The monoisotopic (exact) mass is 533 g/mol. The number of piperidine rings is 1. The molecule has 2 aliphatic heterocycles. The van der Waals surface area contributed by atoms with E-state index in [1.54, 1.807) is 11.8 Å². The fraction of sp³-hybridized carbons (Fsp3) is 0.423. The topological polar surface area (TPSA) is 29.5 Å². The molecule has 0 aromatic heterocycles. The zero-order chi connectivity index (χ0) is 23.0. The third-order valence-corrected chi connectivity index (χ3v) is 8.69. The molecule has 2 aliphatic rings. The molecule has 0 amide bonds. The van der Waals surface area contributed by atoms with Crippen molar-refractivity contribution in [3.8, 4) is 0 Å². The largest absolute Gasteiger partial charge is 0.462 e. The molecule has 3 atom stereocenters. The van der Waals surface area contributed by atoms with Gasteiger partial charge in [-0.05, 0) is 61.1 Å². The number of rotatable bonds is 5. The predicted molar refractivity (Wildman–Crippen MR) is 137 cm³/mol. The number of ether oxygens (including phenoxy) is 1. The second-order valence-corrected chi connectivity index (χ2v) is 11.5. The van der Waals surface area contributed by atoms with Gasteiger partial charge in [0, 0.05) is 20.6 Å². The van der Waals surface area contributed by atoms with Crippen LogP contribution in [0.15, 0.2) is 63.6 Å². The summed E-state index contributed by atoms with van der Waals surface area (Å²) >= 11 is 11.5. The summed E-state index contributed by atoms with van der Waals surface area (Å²) in [6, 6.07) is 17.0. The van der Waals surface area contributed by atoms with Crippen LogP contribution in [-0.2, 0) is 14.9 Å². The van der Waals surface area contributed by atoms with Crippen LogP contribution in [-0.4, -0.2) is 22.8 Å². The number of hydrogen-bond acceptors (Lipinski definition) is 4. The van der Waals surface area contributed by atoms with E-state index in [2.05, 4.69) is 78.0 Å². The number of nitrogens with zero attached hydrogens (tertiary/aromatic N) is 1. The summed E-state index contributed by atoms with van der Waals surface area (Å²) in [6.45, 7) is 8.94. The SMILES string of the molecule is CCOC(=O)C1=C(C(C)C)N2C(CCC(C)(c3ccc(Br)cc3)C2c2ccc(Cl)cc2)S1. The number of carbonyl (C=O) groups excluding carboxylic acids is 1. The van der Waals surface area contributed by atoms with Gasteiger partial charge in [-0.25, -0.2) is 4.79 Å². The van der Waals surface area contributed by atoms with Crippen LogP contribution >= 0.6 is 39.3 Å². The Balaban J connectivity index is 1.89. The van der Waals surface area contributed by atoms with Crippen molar-refractivity contribution in [2.45, 2.75) is 57.4 Å². The van der Waals surface area contributed by atoms with Gasteiger partial charge in [0.15, 0.2) is 0 Å². The van der Waals surface area contributed by atoms with Crippen LogP contribution in [0.4, 0.5) is 0 Å². The minimum Gasteiger partial charge on any atom is -0.462 e. The van der Waals surface area contributed by atoms with Gasteiger partial charge in [-0.2, -0.15) is 0 Å². The number of allylic oxidation sites excluding steroid dienone is 1. The van der Waals surface area contributed by atoms with E-state index in [-0.39, 0.29) is 28.7 Å². The summed E-state index contributed by atoms with van der Waals surface area (Å²) in [7, 11) is 0. The van der Waals surface area contributed by atoms with Gasteiger partial charge in [0.05, 0.1) is 18.0 Å². The van der Waals surface area contributed by atoms with Crippen LogP contribution in [0.2, 0.25) is 5.02 Å². The quantitative estimate of drug-likeness (QED) is 0.368. The van der Waals surface area contributed by atoms with Crippen LogP contribution in [0.1, 0.15) is 57.7 Å². The van der Waals surface area contributed by atoms with Crippen molar-refractivity contribution in [3.63, 3.8) is 0 Å². The molecule has 32 heavy (non-hydrogen) atoms. The van der Waals surface area contributed by atoms with Crippen molar-refractivity contribution in [3.05, 3.63) is 79.8 Å². The normalized spacial score (nSPS) is 25.3. The summed E-state index contributed by atoms with van der Waals surface area (Å²) in [5, 5.41) is 0.949. The van der Waals surface area contributed by atoms with Crippen molar-refractivity contribution < 1.29 is 9.53 Å². The molecule has 2 heterocycles. The summed E-state index contributed by atoms with van der Waals surface area (Å²) < 4.78 is 6.53. The van der Waals surface area contributed by atoms with E-state index >= 15 is 0 Å². The zero-order valence-corrected chi connectivity index (χ0v) is 22.1. The van der Waals surface area contributed by atoms with Crippen molar-refractivity contribution in [2.75, 3.05) is 6.61 Å². The molecule has 170 valence electrons. The number of carbonyl (C=O) groups is 1. The second kappa shape index (κ2) is 9.44. The predicted octanol–water partition coefficient (Wildman–Crippen LogP) is 7.70. The van der Waals surface area contributed by atoms with Gasteiger partial charge in [0.25, 0.3) is 0 Å². The van der Waals surface area contributed by atoms with Crippen LogP contribution in [0.5, 0.6) is 0 Å². The molecule has 4 rings (SSSR count). The van der Waals surface area contributed by atoms with Crippen molar-refractivity contribution in [1.29, 1.82) is 0 Å². The summed E-state index contributed by atoms with van der Waals surface area (Å²) in [5.41, 5.74) is 3.49. The van der Waals surface area contributed by atoms with Gasteiger partial charge in [-0.3, -0.25) is 0 Å². The van der Waals surface area contributed by atoms with E-state index < -0.39 is 0 Å². The highest BCUT2D eigenvalue weighted by Crippen LogP contribution is 2.58. The van der Waals surface area contributed by atoms with Gasteiger partial charge >= 0.3 is 5.97 Å². The Morgan fingerprint density at radius 3 is 2.47 bits per heavy atom. The highest BCUT2D eigenvalue weighted by Gasteiger charge is 2.52. The first-order valence-electron chi connectivity index (χ1n) is 11.1. The first-order chi connectivity index (χ1) is 15.3. The highest BCUT2D eigenvalue weighted by atomic mass is 79.9. The Morgan fingerprint density at radius 2 is 1.88 bits per heavy atom. The molecule has 2 aromatic rings. The molecule has 1 fully saturated rings. The Hall–Kier alpha value is -1.43. The molecule has 0 radical (unpaired) electrons. The molecule has 1 saturated heterocycles. The first kappa shape index (κ1) is 23.7. The number of benzene rings is 2. The highest BCUT2D eigenvalue weighted by molar-refractivity contribution is 9.10. The molecule has 2 aromatic carbocycles. The maximum absolute atomic E-state index is 12.9. The molecular weight excluding hydrogens is 506 g/mol. The molecule has 0 N–H and O–H groups in total. The smallest absolute Gasteiger partial charge is 0.346 e. The maximum atomic E-state index is 12.9. The summed E-state index contributed by atoms with van der Waals surface area (Å²) in [6.07, 6.45) is 2.03. The van der Waals surface area contributed by atoms with Gasteiger partial charge in [0.2, 0.25) is 0 Å². The fourth-order valence-corrected chi connectivity index (χ4v) is 6.98. The minimum atomic E-state index is -0.198. The molecule has 3 nitrogen and oxygen atoms in total. The number of halogens is 2.